The van der Waals surface area contributed by atoms with E-state index in [1.807, 2.05) is 0 Å². The third-order valence-corrected chi connectivity index (χ3v) is 4.91. The van der Waals surface area contributed by atoms with Crippen LogP contribution in [0.1, 0.15) is 5.56 Å². The van der Waals surface area contributed by atoms with Crippen molar-refractivity contribution in [1.29, 1.82) is 0 Å². The van der Waals surface area contributed by atoms with Crippen LogP contribution in [0, 0.1) is 0 Å². The summed E-state index contributed by atoms with van der Waals surface area (Å²) in [6, 6.07) is 12.3. The second-order valence-corrected chi connectivity index (χ2v) is 5.71. The Kier molecular flexibility index (Phi) is 4.54. The van der Waals surface area contributed by atoms with Crippen molar-refractivity contribution in [1.82, 2.24) is 4.90 Å². The van der Waals surface area contributed by atoms with Gasteiger partial charge in [-0.1, -0.05) is 41.9 Å². The fourth-order valence-electron chi connectivity index (χ4n) is 3.26. The highest BCUT2D eigenvalue weighted by molar-refractivity contribution is 6.17. The number of halogens is 2. The first-order chi connectivity index (χ1) is 8.31. The first-order valence-corrected chi connectivity index (χ1v) is 7.04. The number of benzene rings is 1. The average Bonchev–Trinajstić information content (AvgIpc) is 2.41. The Labute approximate surface area is 121 Å². The minimum Gasteiger partial charge on any atom is -1.00 e. The van der Waals surface area contributed by atoms with E-state index in [9.17, 15) is 0 Å². The highest BCUT2D eigenvalue weighted by Gasteiger charge is 2.43. The Morgan fingerprint density at radius 2 is 1.83 bits per heavy atom. The van der Waals surface area contributed by atoms with Crippen molar-refractivity contribution in [3.05, 3.63) is 35.9 Å². The van der Waals surface area contributed by atoms with E-state index in [0.29, 0.717) is 6.04 Å². The lowest BCUT2D eigenvalue weighted by atomic mass is 9.98. The first-order valence-electron chi connectivity index (χ1n) is 6.50. The van der Waals surface area contributed by atoms with E-state index in [-0.39, 0.29) is 12.4 Å². The molecule has 1 aromatic carbocycles. The molecule has 3 aliphatic heterocycles. The maximum Gasteiger partial charge on any atom is 0.155 e. The molecule has 0 N–H and O–H groups in total. The predicted octanol–water partition coefficient (Wildman–Crippen LogP) is -1.06. The van der Waals surface area contributed by atoms with Gasteiger partial charge in [-0.05, 0) is 12.0 Å². The van der Waals surface area contributed by atoms with E-state index in [0.717, 1.165) is 10.5 Å². The van der Waals surface area contributed by atoms with Crippen LogP contribution in [0.15, 0.2) is 30.3 Å². The van der Waals surface area contributed by atoms with Gasteiger partial charge in [0, 0.05) is 13.1 Å². The molecular formula is C14H20Cl2N2. The summed E-state index contributed by atoms with van der Waals surface area (Å²) in [6.07, 6.45) is 1.18. The number of fused-ring (bicyclic) bond motifs is 3. The first kappa shape index (κ1) is 14.1. The van der Waals surface area contributed by atoms with Crippen molar-refractivity contribution in [3.8, 4) is 0 Å². The van der Waals surface area contributed by atoms with Gasteiger partial charge in [0.05, 0.1) is 25.7 Å². The van der Waals surface area contributed by atoms with Gasteiger partial charge < -0.3 is 16.9 Å². The molecule has 1 aromatic rings. The number of quaternary nitrogens is 1. The van der Waals surface area contributed by atoms with Gasteiger partial charge in [-0.15, -0.1) is 0 Å². The minimum atomic E-state index is 0. The standard InChI is InChI=1S/C14H20ClN2.ClH/c15-12-17-8-6-16(7-9-17)14(11-17)10-13-4-2-1-3-5-13;/h1-5,14H,6-12H2;1H/q+1;/p-1. The van der Waals surface area contributed by atoms with Crippen LogP contribution in [0.4, 0.5) is 0 Å². The molecule has 3 heterocycles. The summed E-state index contributed by atoms with van der Waals surface area (Å²) in [6.45, 7) is 6.18. The lowest BCUT2D eigenvalue weighted by Gasteiger charge is -2.53. The maximum atomic E-state index is 6.18. The molecule has 3 fully saturated rings. The van der Waals surface area contributed by atoms with E-state index in [1.165, 1.54) is 44.7 Å². The maximum absolute atomic E-state index is 6.18. The fraction of sp³-hybridized carbons (Fsp3) is 0.571. The Morgan fingerprint density at radius 1 is 1.17 bits per heavy atom. The van der Waals surface area contributed by atoms with Crippen molar-refractivity contribution in [2.45, 2.75) is 12.5 Å². The van der Waals surface area contributed by atoms with Gasteiger partial charge in [0.25, 0.3) is 0 Å². The summed E-state index contributed by atoms with van der Waals surface area (Å²) in [4.78, 5) is 2.65. The highest BCUT2D eigenvalue weighted by atomic mass is 35.5. The molecule has 18 heavy (non-hydrogen) atoms. The molecule has 4 heteroatoms. The minimum absolute atomic E-state index is 0. The van der Waals surface area contributed by atoms with Gasteiger partial charge in [0.15, 0.2) is 6.00 Å². The molecule has 0 radical (unpaired) electrons. The molecule has 2 bridgehead atoms. The number of hydrogen-bond donors (Lipinski definition) is 0. The number of hydrogen-bond acceptors (Lipinski definition) is 1. The Hall–Kier alpha value is -0.280. The second-order valence-electron chi connectivity index (χ2n) is 5.47. The van der Waals surface area contributed by atoms with Gasteiger partial charge in [-0.3, -0.25) is 4.90 Å². The molecule has 3 aliphatic rings. The van der Waals surface area contributed by atoms with Crippen molar-refractivity contribution >= 4 is 11.6 Å². The largest absolute Gasteiger partial charge is 1.00 e. The van der Waals surface area contributed by atoms with Gasteiger partial charge >= 0.3 is 0 Å². The Bertz CT molecular complexity index is 375. The summed E-state index contributed by atoms with van der Waals surface area (Å²) < 4.78 is 1.13. The van der Waals surface area contributed by atoms with E-state index in [4.69, 9.17) is 11.6 Å². The molecule has 1 unspecified atom stereocenters. The molecule has 0 aliphatic carbocycles. The van der Waals surface area contributed by atoms with Crippen LogP contribution in [0.25, 0.3) is 0 Å². The third-order valence-electron chi connectivity index (χ3n) is 4.41. The molecule has 3 saturated heterocycles. The number of alkyl halides is 1. The number of nitrogens with zero attached hydrogens (tertiary/aromatic N) is 2. The Morgan fingerprint density at radius 3 is 2.44 bits per heavy atom. The molecule has 0 saturated carbocycles. The molecule has 0 amide bonds. The van der Waals surface area contributed by atoms with Gasteiger partial charge in [-0.25, -0.2) is 0 Å². The van der Waals surface area contributed by atoms with Gasteiger partial charge in [-0.2, -0.15) is 0 Å². The summed E-state index contributed by atoms with van der Waals surface area (Å²) in [7, 11) is 0. The van der Waals surface area contributed by atoms with Crippen LogP contribution >= 0.6 is 11.6 Å². The lowest BCUT2D eigenvalue weighted by molar-refractivity contribution is -0.934. The zero-order chi connectivity index (χ0) is 11.7. The van der Waals surface area contributed by atoms with Crippen LogP contribution in [0.3, 0.4) is 0 Å². The van der Waals surface area contributed by atoms with E-state index in [2.05, 4.69) is 35.2 Å². The summed E-state index contributed by atoms with van der Waals surface area (Å²) in [5, 5.41) is 0. The van der Waals surface area contributed by atoms with Gasteiger partial charge in [0.2, 0.25) is 0 Å². The lowest BCUT2D eigenvalue weighted by Crippen LogP contribution is -3.00. The zero-order valence-corrected chi connectivity index (χ0v) is 12.1. The molecule has 0 spiro atoms. The predicted molar refractivity (Wildman–Crippen MR) is 71.1 cm³/mol. The van der Waals surface area contributed by atoms with Crippen molar-refractivity contribution < 1.29 is 16.9 Å². The summed E-state index contributed by atoms with van der Waals surface area (Å²) >= 11 is 6.18. The highest BCUT2D eigenvalue weighted by Crippen LogP contribution is 2.26. The average molecular weight is 287 g/mol. The third kappa shape index (κ3) is 2.67. The Balaban J connectivity index is 0.00000120. The van der Waals surface area contributed by atoms with Crippen molar-refractivity contribution in [2.24, 2.45) is 0 Å². The molecule has 100 valence electrons. The topological polar surface area (TPSA) is 3.24 Å². The van der Waals surface area contributed by atoms with Crippen molar-refractivity contribution in [3.63, 3.8) is 0 Å². The normalized spacial score (nSPS) is 34.1. The number of rotatable bonds is 3. The van der Waals surface area contributed by atoms with Crippen LogP contribution < -0.4 is 12.4 Å². The molecular weight excluding hydrogens is 267 g/mol. The van der Waals surface area contributed by atoms with E-state index in [1.54, 1.807) is 0 Å². The SMILES string of the molecule is ClC[N+]12CCN(CC1)C(Cc1ccccc1)C2.[Cl-]. The van der Waals surface area contributed by atoms with Crippen LogP contribution in [-0.2, 0) is 6.42 Å². The summed E-state index contributed by atoms with van der Waals surface area (Å²) in [5.41, 5.74) is 1.46. The smallest absolute Gasteiger partial charge is 0.155 e. The van der Waals surface area contributed by atoms with E-state index >= 15 is 0 Å². The van der Waals surface area contributed by atoms with Crippen LogP contribution in [0.5, 0.6) is 0 Å². The molecule has 2 nitrogen and oxygen atoms in total. The van der Waals surface area contributed by atoms with Crippen LogP contribution in [-0.4, -0.2) is 54.2 Å². The summed E-state index contributed by atoms with van der Waals surface area (Å²) in [5.74, 6) is 0. The zero-order valence-electron chi connectivity index (χ0n) is 10.6. The molecule has 1 atom stereocenters. The monoisotopic (exact) mass is 286 g/mol. The van der Waals surface area contributed by atoms with Gasteiger partial charge in [0.1, 0.15) is 0 Å². The van der Waals surface area contributed by atoms with Crippen LogP contribution in [0.2, 0.25) is 0 Å². The van der Waals surface area contributed by atoms with Crippen molar-refractivity contribution in [2.75, 3.05) is 38.7 Å². The molecule has 4 rings (SSSR count). The quantitative estimate of drug-likeness (QED) is 0.389. The van der Waals surface area contributed by atoms with E-state index < -0.39 is 0 Å². The second kappa shape index (κ2) is 5.79. The number of piperazine rings is 3. The molecule has 0 aromatic heterocycles. The fourth-order valence-corrected chi connectivity index (χ4v) is 3.60.